The first kappa shape index (κ1) is 11.4. The summed E-state index contributed by atoms with van der Waals surface area (Å²) in [5.41, 5.74) is -0.733. The Balaban J connectivity index is 3.34. The van der Waals surface area contributed by atoms with Crippen LogP contribution >= 0.6 is 31.9 Å². The topological polar surface area (TPSA) is 59.3 Å². The zero-order valence-electron chi connectivity index (χ0n) is 6.58. The van der Waals surface area contributed by atoms with Crippen molar-refractivity contribution in [3.8, 4) is 0 Å². The summed E-state index contributed by atoms with van der Waals surface area (Å²) >= 11 is 5.91. The molecule has 1 heterocycles. The van der Waals surface area contributed by atoms with Crippen molar-refractivity contribution in [3.05, 3.63) is 31.6 Å². The summed E-state index contributed by atoms with van der Waals surface area (Å²) < 4.78 is 14.0. The SMILES string of the molecule is O=C(O)C(F)n1cc(Br)cc(Br)c1=O. The summed E-state index contributed by atoms with van der Waals surface area (Å²) in [7, 11) is 0. The van der Waals surface area contributed by atoms with E-state index >= 15 is 0 Å². The van der Waals surface area contributed by atoms with E-state index in [0.29, 0.717) is 9.04 Å². The van der Waals surface area contributed by atoms with Crippen LogP contribution in [0.25, 0.3) is 0 Å². The van der Waals surface area contributed by atoms with Crippen molar-refractivity contribution >= 4 is 37.8 Å². The number of hydrogen-bond acceptors (Lipinski definition) is 2. The lowest BCUT2D eigenvalue weighted by Gasteiger charge is -2.07. The number of alkyl halides is 1. The van der Waals surface area contributed by atoms with Crippen molar-refractivity contribution in [2.45, 2.75) is 6.30 Å². The van der Waals surface area contributed by atoms with Crippen LogP contribution in [0.4, 0.5) is 4.39 Å². The van der Waals surface area contributed by atoms with E-state index < -0.39 is 17.8 Å². The Labute approximate surface area is 94.6 Å². The molecule has 0 aromatic carbocycles. The number of carboxylic acid groups (broad SMARTS) is 1. The number of aromatic nitrogens is 1. The minimum atomic E-state index is -2.38. The minimum absolute atomic E-state index is 0.0933. The van der Waals surface area contributed by atoms with Gasteiger partial charge in [-0.15, -0.1) is 0 Å². The average molecular weight is 329 g/mol. The van der Waals surface area contributed by atoms with Crippen LogP contribution in [0.15, 0.2) is 26.0 Å². The molecule has 4 nitrogen and oxygen atoms in total. The third kappa shape index (κ3) is 2.21. The molecule has 0 saturated carbocycles. The van der Waals surface area contributed by atoms with Crippen molar-refractivity contribution in [1.82, 2.24) is 4.57 Å². The molecule has 1 N–H and O–H groups in total. The number of halogens is 3. The van der Waals surface area contributed by atoms with Gasteiger partial charge in [0.1, 0.15) is 0 Å². The number of aliphatic carboxylic acids is 1. The lowest BCUT2D eigenvalue weighted by Crippen LogP contribution is -2.27. The Morgan fingerprint density at radius 2 is 2.14 bits per heavy atom. The van der Waals surface area contributed by atoms with Gasteiger partial charge >= 0.3 is 5.97 Å². The lowest BCUT2D eigenvalue weighted by atomic mass is 10.4. The molecule has 1 unspecified atom stereocenters. The number of carbonyl (C=O) groups is 1. The van der Waals surface area contributed by atoms with Gasteiger partial charge in [0.25, 0.3) is 11.9 Å². The molecule has 7 heteroatoms. The van der Waals surface area contributed by atoms with Gasteiger partial charge in [-0.05, 0) is 37.9 Å². The Morgan fingerprint density at radius 3 is 2.64 bits per heavy atom. The van der Waals surface area contributed by atoms with E-state index in [4.69, 9.17) is 5.11 Å². The quantitative estimate of drug-likeness (QED) is 0.902. The van der Waals surface area contributed by atoms with Gasteiger partial charge in [0, 0.05) is 10.7 Å². The van der Waals surface area contributed by atoms with Gasteiger partial charge in [0.2, 0.25) is 0 Å². The molecule has 1 rings (SSSR count). The van der Waals surface area contributed by atoms with E-state index in [1.807, 2.05) is 0 Å². The Bertz CT molecular complexity index is 431. The standard InChI is InChI=1S/C7H4Br2FNO3/c8-3-1-4(9)6(12)11(2-3)5(10)7(13)14/h1-2,5H,(H,13,14). The third-order valence-corrected chi connectivity index (χ3v) is 2.42. The van der Waals surface area contributed by atoms with E-state index in [1.165, 1.54) is 6.07 Å². The normalized spacial score (nSPS) is 12.5. The van der Waals surface area contributed by atoms with Crippen molar-refractivity contribution < 1.29 is 14.3 Å². The maximum atomic E-state index is 13.0. The largest absolute Gasteiger partial charge is 0.478 e. The molecule has 1 aromatic heterocycles. The fraction of sp³-hybridized carbons (Fsp3) is 0.143. The molecular formula is C7H4Br2FNO3. The van der Waals surface area contributed by atoms with Crippen molar-refractivity contribution in [1.29, 1.82) is 0 Å². The highest BCUT2D eigenvalue weighted by Gasteiger charge is 2.20. The van der Waals surface area contributed by atoms with E-state index in [1.54, 1.807) is 0 Å². The average Bonchev–Trinajstić information content (AvgIpc) is 2.09. The second-order valence-corrected chi connectivity index (χ2v) is 4.16. The maximum absolute atomic E-state index is 13.0. The van der Waals surface area contributed by atoms with Crippen LogP contribution in [0, 0.1) is 0 Å². The first-order valence-electron chi connectivity index (χ1n) is 3.37. The minimum Gasteiger partial charge on any atom is -0.478 e. The first-order chi connectivity index (χ1) is 6.43. The van der Waals surface area contributed by atoms with E-state index in [-0.39, 0.29) is 4.47 Å². The number of hydrogen-bond donors (Lipinski definition) is 1. The smallest absolute Gasteiger partial charge is 0.360 e. The summed E-state index contributed by atoms with van der Waals surface area (Å²) in [5, 5.41) is 8.38. The van der Waals surface area contributed by atoms with Gasteiger partial charge in [-0.25, -0.2) is 9.18 Å². The van der Waals surface area contributed by atoms with Crippen LogP contribution in [0.5, 0.6) is 0 Å². The van der Waals surface area contributed by atoms with Gasteiger partial charge < -0.3 is 5.11 Å². The monoisotopic (exact) mass is 327 g/mol. The molecule has 0 bridgehead atoms. The second-order valence-electron chi connectivity index (χ2n) is 2.39. The first-order valence-corrected chi connectivity index (χ1v) is 4.96. The molecule has 14 heavy (non-hydrogen) atoms. The summed E-state index contributed by atoms with van der Waals surface area (Å²) in [6.07, 6.45) is -1.30. The molecule has 1 atom stereocenters. The molecule has 1 aromatic rings. The number of carboxylic acids is 1. The third-order valence-electron chi connectivity index (χ3n) is 1.41. The number of rotatable bonds is 2. The van der Waals surface area contributed by atoms with Crippen LogP contribution in [0.3, 0.4) is 0 Å². The predicted molar refractivity (Wildman–Crippen MR) is 53.9 cm³/mol. The fourth-order valence-electron chi connectivity index (χ4n) is 0.822. The summed E-state index contributed by atoms with van der Waals surface area (Å²) in [6, 6.07) is 1.41. The molecule has 76 valence electrons. The van der Waals surface area contributed by atoms with Gasteiger partial charge in [0.15, 0.2) is 0 Å². The highest BCUT2D eigenvalue weighted by Crippen LogP contribution is 2.16. The second kappa shape index (κ2) is 4.22. The van der Waals surface area contributed by atoms with Gasteiger partial charge in [-0.3, -0.25) is 9.36 Å². The highest BCUT2D eigenvalue weighted by molar-refractivity contribution is 9.11. The van der Waals surface area contributed by atoms with E-state index in [0.717, 1.165) is 6.20 Å². The molecule has 0 saturated heterocycles. The number of nitrogens with zero attached hydrogens (tertiary/aromatic N) is 1. The molecule has 0 aliphatic carbocycles. The van der Waals surface area contributed by atoms with Crippen molar-refractivity contribution in [2.75, 3.05) is 0 Å². The Kier molecular flexibility index (Phi) is 3.43. The summed E-state index contributed by atoms with van der Waals surface area (Å²) in [6.45, 7) is 0. The zero-order valence-corrected chi connectivity index (χ0v) is 9.75. The fourth-order valence-corrected chi connectivity index (χ4v) is 2.03. The van der Waals surface area contributed by atoms with Crippen LogP contribution in [-0.2, 0) is 4.79 Å². The Morgan fingerprint density at radius 1 is 1.57 bits per heavy atom. The van der Waals surface area contributed by atoms with Gasteiger partial charge in [-0.1, -0.05) is 0 Å². The van der Waals surface area contributed by atoms with Crippen LogP contribution in [0.1, 0.15) is 6.30 Å². The van der Waals surface area contributed by atoms with Crippen molar-refractivity contribution in [2.24, 2.45) is 0 Å². The predicted octanol–water partition coefficient (Wildman–Crippen LogP) is 1.93. The Hall–Kier alpha value is -0.690. The van der Waals surface area contributed by atoms with Gasteiger partial charge in [-0.2, -0.15) is 0 Å². The molecule has 0 aliphatic heterocycles. The highest BCUT2D eigenvalue weighted by atomic mass is 79.9. The molecular weight excluding hydrogens is 325 g/mol. The van der Waals surface area contributed by atoms with Gasteiger partial charge in [0.05, 0.1) is 4.47 Å². The molecule has 0 spiro atoms. The lowest BCUT2D eigenvalue weighted by molar-refractivity contribution is -0.146. The summed E-state index contributed by atoms with van der Waals surface area (Å²) in [4.78, 5) is 21.6. The molecule has 0 aliphatic rings. The van der Waals surface area contributed by atoms with Crippen LogP contribution in [0.2, 0.25) is 0 Å². The van der Waals surface area contributed by atoms with Crippen LogP contribution < -0.4 is 5.56 Å². The number of pyridine rings is 1. The zero-order chi connectivity index (χ0) is 10.9. The van der Waals surface area contributed by atoms with E-state index in [9.17, 15) is 14.0 Å². The maximum Gasteiger partial charge on any atom is 0.360 e. The van der Waals surface area contributed by atoms with Crippen molar-refractivity contribution in [3.63, 3.8) is 0 Å². The molecule has 0 amide bonds. The molecule has 0 radical (unpaired) electrons. The van der Waals surface area contributed by atoms with Crippen LogP contribution in [-0.4, -0.2) is 15.6 Å². The van der Waals surface area contributed by atoms with E-state index in [2.05, 4.69) is 31.9 Å². The molecule has 0 fully saturated rings. The summed E-state index contributed by atoms with van der Waals surface area (Å²) in [5.74, 6) is -1.71.